The molecular weight excluding hydrogens is 440 g/mol. The van der Waals surface area contributed by atoms with Crippen molar-refractivity contribution in [3.63, 3.8) is 0 Å². The summed E-state index contributed by atoms with van der Waals surface area (Å²) < 4.78 is 7.25. The second-order valence-corrected chi connectivity index (χ2v) is 10.1. The first-order valence-corrected chi connectivity index (χ1v) is 13.2. The van der Waals surface area contributed by atoms with Crippen LogP contribution in [0, 0.1) is 0 Å². The molecule has 5 rings (SSSR count). The number of fused-ring (bicyclic) bond motifs is 1. The lowest BCUT2D eigenvalue weighted by atomic mass is 9.88. The number of amides is 2. The van der Waals surface area contributed by atoms with Gasteiger partial charge in [-0.3, -0.25) is 9.59 Å². The molecule has 1 atom stereocenters. The minimum atomic E-state index is -0.384. The third-order valence-electron chi connectivity index (χ3n) is 7.68. The maximum absolute atomic E-state index is 14.0. The van der Waals surface area contributed by atoms with Gasteiger partial charge in [-0.05, 0) is 56.9 Å². The van der Waals surface area contributed by atoms with Crippen LogP contribution in [0.3, 0.4) is 0 Å². The van der Waals surface area contributed by atoms with Crippen molar-refractivity contribution >= 4 is 22.8 Å². The molecule has 0 saturated heterocycles. The highest BCUT2D eigenvalue weighted by Crippen LogP contribution is 2.31. The van der Waals surface area contributed by atoms with E-state index in [1.165, 1.54) is 44.8 Å². The monoisotopic (exact) mass is 476 g/mol. The zero-order chi connectivity index (χ0) is 24.2. The molecule has 7 nitrogen and oxygen atoms in total. The molecule has 0 bridgehead atoms. The molecule has 186 valence electrons. The molecule has 7 heteroatoms. The van der Waals surface area contributed by atoms with Crippen LogP contribution in [0.2, 0.25) is 0 Å². The van der Waals surface area contributed by atoms with E-state index in [2.05, 4.69) is 10.2 Å². The fourth-order valence-electron chi connectivity index (χ4n) is 5.97. The molecule has 0 spiro atoms. The Morgan fingerprint density at radius 1 is 1.00 bits per heavy atom. The van der Waals surface area contributed by atoms with Gasteiger partial charge in [0.2, 0.25) is 5.91 Å². The lowest BCUT2D eigenvalue weighted by molar-refractivity contribution is -0.138. The van der Waals surface area contributed by atoms with Gasteiger partial charge in [0.1, 0.15) is 12.4 Å². The van der Waals surface area contributed by atoms with Crippen molar-refractivity contribution in [1.82, 2.24) is 19.8 Å². The summed E-state index contributed by atoms with van der Waals surface area (Å²) in [5.41, 5.74) is 1.75. The van der Waals surface area contributed by atoms with Crippen LogP contribution in [0.25, 0.3) is 11.0 Å². The molecule has 2 aromatic heterocycles. The summed E-state index contributed by atoms with van der Waals surface area (Å²) in [5, 5.41) is 2.99. The Kier molecular flexibility index (Phi) is 7.21. The highest BCUT2D eigenvalue weighted by atomic mass is 16.3. The Morgan fingerprint density at radius 3 is 2.29 bits per heavy atom. The Morgan fingerprint density at radius 2 is 1.66 bits per heavy atom. The molecule has 2 fully saturated rings. The molecule has 2 aliphatic rings. The van der Waals surface area contributed by atoms with Crippen LogP contribution < -0.4 is 5.32 Å². The van der Waals surface area contributed by atoms with Crippen molar-refractivity contribution in [2.45, 2.75) is 95.8 Å². The van der Waals surface area contributed by atoms with Gasteiger partial charge in [-0.25, -0.2) is 4.98 Å². The summed E-state index contributed by atoms with van der Waals surface area (Å²) in [5.74, 6) is 0.833. The molecule has 2 amide bonds. The second-order valence-electron chi connectivity index (χ2n) is 10.1. The third kappa shape index (κ3) is 5.14. The molecule has 0 aliphatic heterocycles. The summed E-state index contributed by atoms with van der Waals surface area (Å²) in [6.45, 7) is 2.15. The zero-order valence-electron chi connectivity index (χ0n) is 20.6. The van der Waals surface area contributed by atoms with Crippen LogP contribution in [-0.4, -0.2) is 38.3 Å². The number of hydrogen-bond acceptors (Lipinski definition) is 4. The van der Waals surface area contributed by atoms with E-state index in [-0.39, 0.29) is 30.2 Å². The summed E-state index contributed by atoms with van der Waals surface area (Å²) in [7, 11) is 0. The third-order valence-corrected chi connectivity index (χ3v) is 7.68. The van der Waals surface area contributed by atoms with Crippen LogP contribution in [-0.2, 0) is 11.3 Å². The average molecular weight is 477 g/mol. The number of aromatic nitrogens is 2. The lowest BCUT2D eigenvalue weighted by Crippen LogP contribution is -2.50. The van der Waals surface area contributed by atoms with Crippen LogP contribution in [0.5, 0.6) is 0 Å². The predicted octanol–water partition coefficient (Wildman–Crippen LogP) is 5.61. The minimum Gasteiger partial charge on any atom is -0.459 e. The fourth-order valence-corrected chi connectivity index (χ4v) is 5.97. The average Bonchev–Trinajstić information content (AvgIpc) is 3.55. The maximum atomic E-state index is 14.0. The largest absolute Gasteiger partial charge is 0.459 e. The maximum Gasteiger partial charge on any atom is 0.287 e. The number of rotatable bonds is 7. The summed E-state index contributed by atoms with van der Waals surface area (Å²) >= 11 is 0. The normalized spacial score (nSPS) is 18.4. The van der Waals surface area contributed by atoms with Crippen molar-refractivity contribution in [2.24, 2.45) is 0 Å². The van der Waals surface area contributed by atoms with E-state index in [9.17, 15) is 9.59 Å². The zero-order valence-corrected chi connectivity index (χ0v) is 20.6. The van der Waals surface area contributed by atoms with Crippen molar-refractivity contribution < 1.29 is 14.0 Å². The smallest absolute Gasteiger partial charge is 0.287 e. The minimum absolute atomic E-state index is 0.178. The molecule has 2 heterocycles. The summed E-state index contributed by atoms with van der Waals surface area (Å²) in [4.78, 5) is 33.7. The van der Waals surface area contributed by atoms with Crippen LogP contribution in [0.15, 0.2) is 47.1 Å². The van der Waals surface area contributed by atoms with E-state index in [4.69, 9.17) is 9.40 Å². The number of para-hydroxylation sites is 2. The van der Waals surface area contributed by atoms with E-state index >= 15 is 0 Å². The Bertz CT molecular complexity index is 1120. The highest BCUT2D eigenvalue weighted by molar-refractivity contribution is 5.91. The standard InChI is InChI=1S/C28H36N4O3/c1-20(29-28(34)25-17-10-18-35-25)27-30-23-15-8-9-16-24(23)31(27)19-26(33)32(21-11-4-2-5-12-21)22-13-6-3-7-14-22/h8-10,15-18,20-22H,2-7,11-14,19H2,1H3,(H,29,34). The van der Waals surface area contributed by atoms with Crippen molar-refractivity contribution in [1.29, 1.82) is 0 Å². The van der Waals surface area contributed by atoms with Crippen LogP contribution in [0.1, 0.15) is 93.6 Å². The van der Waals surface area contributed by atoms with Gasteiger partial charge in [0.05, 0.1) is 23.3 Å². The number of carbonyl (C=O) groups excluding carboxylic acids is 2. The predicted molar refractivity (Wildman–Crippen MR) is 135 cm³/mol. The summed E-state index contributed by atoms with van der Waals surface area (Å²) in [6.07, 6.45) is 13.3. The number of carbonyl (C=O) groups is 2. The fraction of sp³-hybridized carbons (Fsp3) is 0.536. The van der Waals surface area contributed by atoms with Gasteiger partial charge in [-0.15, -0.1) is 0 Å². The summed E-state index contributed by atoms with van der Waals surface area (Å²) in [6, 6.07) is 11.5. The van der Waals surface area contributed by atoms with Crippen LogP contribution >= 0.6 is 0 Å². The molecule has 1 N–H and O–H groups in total. The van der Waals surface area contributed by atoms with E-state index < -0.39 is 0 Å². The second kappa shape index (κ2) is 10.7. The van der Waals surface area contributed by atoms with Crippen molar-refractivity contribution in [3.8, 4) is 0 Å². The van der Waals surface area contributed by atoms with Crippen LogP contribution in [0.4, 0.5) is 0 Å². The quantitative estimate of drug-likeness (QED) is 0.480. The van der Waals surface area contributed by atoms with Crippen molar-refractivity contribution in [2.75, 3.05) is 0 Å². The molecule has 0 radical (unpaired) electrons. The van der Waals surface area contributed by atoms with E-state index in [0.29, 0.717) is 17.9 Å². The van der Waals surface area contributed by atoms with Gasteiger partial charge in [0, 0.05) is 12.1 Å². The number of nitrogens with zero attached hydrogens (tertiary/aromatic N) is 3. The van der Waals surface area contributed by atoms with E-state index in [1.807, 2.05) is 35.8 Å². The first-order chi connectivity index (χ1) is 17.1. The Labute approximate surface area is 206 Å². The SMILES string of the molecule is CC(NC(=O)c1ccco1)c1nc2ccccc2n1CC(=O)N(C1CCCCC1)C1CCCCC1. The molecule has 3 aromatic rings. The van der Waals surface area contributed by atoms with Gasteiger partial charge >= 0.3 is 0 Å². The van der Waals surface area contributed by atoms with E-state index in [1.54, 1.807) is 12.1 Å². The van der Waals surface area contributed by atoms with Crippen molar-refractivity contribution in [3.05, 3.63) is 54.2 Å². The van der Waals surface area contributed by atoms with Gasteiger partial charge in [0.25, 0.3) is 5.91 Å². The molecule has 1 unspecified atom stereocenters. The number of nitrogens with one attached hydrogen (secondary N) is 1. The Hall–Kier alpha value is -3.09. The van der Waals surface area contributed by atoms with Gasteiger partial charge < -0.3 is 19.2 Å². The van der Waals surface area contributed by atoms with Gasteiger partial charge in [-0.2, -0.15) is 0 Å². The number of imidazole rings is 1. The van der Waals surface area contributed by atoms with Gasteiger partial charge in [-0.1, -0.05) is 50.7 Å². The number of benzene rings is 1. The molecule has 1 aromatic carbocycles. The molecule has 2 saturated carbocycles. The first kappa shape index (κ1) is 23.6. The number of hydrogen-bond donors (Lipinski definition) is 1. The van der Waals surface area contributed by atoms with Gasteiger partial charge in [0.15, 0.2) is 5.76 Å². The topological polar surface area (TPSA) is 80.4 Å². The lowest BCUT2D eigenvalue weighted by Gasteiger charge is -2.42. The molecular formula is C28H36N4O3. The first-order valence-electron chi connectivity index (χ1n) is 13.2. The highest BCUT2D eigenvalue weighted by Gasteiger charge is 2.33. The van der Waals surface area contributed by atoms with E-state index in [0.717, 1.165) is 36.7 Å². The number of furan rings is 1. The Balaban J connectivity index is 1.43. The molecule has 2 aliphatic carbocycles. The molecule has 35 heavy (non-hydrogen) atoms.